The molecule has 1 atom stereocenters. The molecule has 2 aromatic rings. The van der Waals surface area contributed by atoms with E-state index in [1.54, 1.807) is 26.4 Å². The lowest BCUT2D eigenvalue weighted by Crippen LogP contribution is -2.12. The van der Waals surface area contributed by atoms with Crippen LogP contribution < -0.4 is 9.47 Å². The lowest BCUT2D eigenvalue weighted by atomic mass is 9.90. The number of ketones is 1. The molecule has 0 bridgehead atoms. The number of Topliss-reactive ketones (excluding diaryl/α,β-unsaturated/α-hetero) is 1. The van der Waals surface area contributed by atoms with Crippen LogP contribution in [-0.4, -0.2) is 44.9 Å². The number of fused-ring (bicyclic) bond motifs is 1. The largest absolute Gasteiger partial charge is 0.496 e. The SMILES string of the molecule is COc1cc(CCCC(CC=O)CC(=O)c2cn(S(C)(=O)=O)c3c2C=CCC=C3)cc(OC)c1C. The quantitative estimate of drug-likeness (QED) is 0.306. The summed E-state index contributed by atoms with van der Waals surface area (Å²) in [6.07, 6.45) is 14.0. The number of ether oxygens (including phenoxy) is 2. The third kappa shape index (κ3) is 6.31. The van der Waals surface area contributed by atoms with E-state index >= 15 is 0 Å². The molecule has 8 heteroatoms. The molecule has 0 N–H and O–H groups in total. The maximum absolute atomic E-state index is 13.3. The van der Waals surface area contributed by atoms with Crippen molar-refractivity contribution in [2.24, 2.45) is 5.92 Å². The van der Waals surface area contributed by atoms with Crippen molar-refractivity contribution in [3.05, 3.63) is 58.4 Å². The number of aldehydes is 1. The summed E-state index contributed by atoms with van der Waals surface area (Å²) in [4.78, 5) is 24.6. The topological polar surface area (TPSA) is 91.7 Å². The van der Waals surface area contributed by atoms with Crippen molar-refractivity contribution in [3.63, 3.8) is 0 Å². The van der Waals surface area contributed by atoms with Crippen LogP contribution in [0.1, 0.15) is 64.8 Å². The summed E-state index contributed by atoms with van der Waals surface area (Å²) in [6.45, 7) is 1.94. The molecule has 7 nitrogen and oxygen atoms in total. The number of carbonyl (C=O) groups excluding carboxylic acids is 2. The number of methoxy groups -OCH3 is 2. The van der Waals surface area contributed by atoms with Gasteiger partial charge in [-0.25, -0.2) is 12.4 Å². The minimum absolute atomic E-state index is 0.128. The summed E-state index contributed by atoms with van der Waals surface area (Å²) in [5.41, 5.74) is 3.47. The van der Waals surface area contributed by atoms with Crippen molar-refractivity contribution in [2.45, 2.75) is 45.4 Å². The molecule has 1 aliphatic rings. The van der Waals surface area contributed by atoms with Crippen LogP contribution >= 0.6 is 0 Å². The predicted octanol–water partition coefficient (Wildman–Crippen LogP) is 4.85. The number of hydrogen-bond donors (Lipinski definition) is 0. The van der Waals surface area contributed by atoms with Gasteiger partial charge >= 0.3 is 0 Å². The van der Waals surface area contributed by atoms with Gasteiger partial charge in [-0.3, -0.25) is 4.79 Å². The highest BCUT2D eigenvalue weighted by molar-refractivity contribution is 7.89. The van der Waals surface area contributed by atoms with Gasteiger partial charge in [-0.15, -0.1) is 0 Å². The molecule has 1 heterocycles. The Bertz CT molecular complexity index is 1230. The van der Waals surface area contributed by atoms with Crippen molar-refractivity contribution in [1.29, 1.82) is 0 Å². The minimum Gasteiger partial charge on any atom is -0.496 e. The number of carbonyl (C=O) groups is 2. The minimum atomic E-state index is -3.57. The Labute approximate surface area is 207 Å². The molecule has 0 saturated carbocycles. The highest BCUT2D eigenvalue weighted by atomic mass is 32.2. The van der Waals surface area contributed by atoms with Crippen molar-refractivity contribution in [3.8, 4) is 11.5 Å². The first-order chi connectivity index (χ1) is 16.7. The first kappa shape index (κ1) is 26.5. The van der Waals surface area contributed by atoms with E-state index in [-0.39, 0.29) is 24.5 Å². The maximum atomic E-state index is 13.3. The third-order valence-corrected chi connectivity index (χ3v) is 7.35. The summed E-state index contributed by atoms with van der Waals surface area (Å²) in [5, 5.41) is 0. The second kappa shape index (κ2) is 11.5. The van der Waals surface area contributed by atoms with Gasteiger partial charge in [0.1, 0.15) is 17.8 Å². The van der Waals surface area contributed by atoms with Gasteiger partial charge in [0, 0.05) is 35.7 Å². The Kier molecular flexibility index (Phi) is 8.72. The molecule has 1 aromatic heterocycles. The second-order valence-corrected chi connectivity index (χ2v) is 10.7. The van der Waals surface area contributed by atoms with E-state index in [4.69, 9.17) is 9.47 Å². The lowest BCUT2D eigenvalue weighted by Gasteiger charge is -2.15. The molecule has 1 aromatic carbocycles. The zero-order valence-corrected chi connectivity index (χ0v) is 21.6. The molecule has 0 aliphatic heterocycles. The summed E-state index contributed by atoms with van der Waals surface area (Å²) in [7, 11) is -0.319. The van der Waals surface area contributed by atoms with Gasteiger partial charge in [0.25, 0.3) is 0 Å². The van der Waals surface area contributed by atoms with Gasteiger partial charge in [-0.2, -0.15) is 0 Å². The standard InChI is InChI=1S/C27H33NO6S/c1-19-26(33-2)16-21(17-27(19)34-3)10-8-9-20(13-14-29)15-25(30)23-18-28(35(4,31)32)24-12-7-5-6-11-22(23)24/h6-7,11-12,14,16-18,20H,5,8-10,13,15H2,1-4H3. The number of benzene rings is 1. The Hall–Kier alpha value is -3.13. The number of aromatic nitrogens is 1. The van der Waals surface area contributed by atoms with Crippen LogP contribution in [0.2, 0.25) is 0 Å². The summed E-state index contributed by atoms with van der Waals surface area (Å²) < 4.78 is 36.7. The predicted molar refractivity (Wildman–Crippen MR) is 138 cm³/mol. The monoisotopic (exact) mass is 499 g/mol. The zero-order chi connectivity index (χ0) is 25.6. The molecule has 188 valence electrons. The van der Waals surface area contributed by atoms with Crippen LogP contribution in [0.15, 0.2) is 30.5 Å². The normalized spacial score (nSPS) is 13.7. The molecular weight excluding hydrogens is 466 g/mol. The van der Waals surface area contributed by atoms with Gasteiger partial charge in [0.15, 0.2) is 5.78 Å². The molecule has 1 unspecified atom stereocenters. The number of hydrogen-bond acceptors (Lipinski definition) is 6. The van der Waals surface area contributed by atoms with Crippen molar-refractivity contribution >= 4 is 34.2 Å². The fraction of sp³-hybridized carbons (Fsp3) is 0.407. The van der Waals surface area contributed by atoms with Gasteiger partial charge in [-0.1, -0.05) is 18.2 Å². The van der Waals surface area contributed by atoms with Crippen LogP contribution in [-0.2, 0) is 21.2 Å². The van der Waals surface area contributed by atoms with Gasteiger partial charge in [-0.05, 0) is 62.3 Å². The molecular formula is C27H33NO6S. The van der Waals surface area contributed by atoms with Crippen LogP contribution in [0.25, 0.3) is 12.2 Å². The van der Waals surface area contributed by atoms with E-state index in [9.17, 15) is 18.0 Å². The van der Waals surface area contributed by atoms with E-state index in [1.807, 2.05) is 31.2 Å². The molecule has 0 amide bonds. The Morgan fingerprint density at radius 1 is 1.14 bits per heavy atom. The Morgan fingerprint density at radius 2 is 1.80 bits per heavy atom. The molecule has 1 aliphatic carbocycles. The second-order valence-electron chi connectivity index (χ2n) is 8.85. The lowest BCUT2D eigenvalue weighted by molar-refractivity contribution is -0.108. The molecule has 0 fully saturated rings. The number of allylic oxidation sites excluding steroid dienone is 2. The van der Waals surface area contributed by atoms with E-state index in [0.29, 0.717) is 29.7 Å². The summed E-state index contributed by atoms with van der Waals surface area (Å²) in [6, 6.07) is 3.97. The first-order valence-corrected chi connectivity index (χ1v) is 13.5. The molecule has 0 spiro atoms. The van der Waals surface area contributed by atoms with Crippen LogP contribution in [0.3, 0.4) is 0 Å². The first-order valence-electron chi connectivity index (χ1n) is 11.7. The Morgan fingerprint density at radius 3 is 2.40 bits per heavy atom. The fourth-order valence-corrected chi connectivity index (χ4v) is 5.30. The van der Waals surface area contributed by atoms with Gasteiger partial charge < -0.3 is 14.3 Å². The van der Waals surface area contributed by atoms with Gasteiger partial charge in [0.2, 0.25) is 10.0 Å². The number of rotatable bonds is 12. The van der Waals surface area contributed by atoms with E-state index in [2.05, 4.69) is 0 Å². The highest BCUT2D eigenvalue weighted by Gasteiger charge is 2.24. The van der Waals surface area contributed by atoms with Gasteiger partial charge in [0.05, 0.1) is 26.2 Å². The number of aryl methyl sites for hydroxylation is 1. The third-order valence-electron chi connectivity index (χ3n) is 6.33. The molecule has 0 radical (unpaired) electrons. The smallest absolute Gasteiger partial charge is 0.236 e. The van der Waals surface area contributed by atoms with Crippen LogP contribution in [0.5, 0.6) is 11.5 Å². The van der Waals surface area contributed by atoms with Crippen LogP contribution in [0.4, 0.5) is 0 Å². The number of nitrogens with zero attached hydrogens (tertiary/aromatic N) is 1. The Balaban J connectivity index is 1.75. The molecule has 35 heavy (non-hydrogen) atoms. The van der Waals surface area contributed by atoms with Crippen molar-refractivity contribution in [2.75, 3.05) is 20.5 Å². The van der Waals surface area contributed by atoms with E-state index in [1.165, 1.54) is 6.20 Å². The highest BCUT2D eigenvalue weighted by Crippen LogP contribution is 2.31. The van der Waals surface area contributed by atoms with E-state index in [0.717, 1.165) is 52.0 Å². The average Bonchev–Trinajstić information content (AvgIpc) is 3.02. The zero-order valence-electron chi connectivity index (χ0n) is 20.7. The van der Waals surface area contributed by atoms with Crippen LogP contribution in [0, 0.1) is 12.8 Å². The average molecular weight is 500 g/mol. The summed E-state index contributed by atoms with van der Waals surface area (Å²) >= 11 is 0. The van der Waals surface area contributed by atoms with E-state index < -0.39 is 10.0 Å². The van der Waals surface area contributed by atoms with Crippen molar-refractivity contribution in [1.82, 2.24) is 3.97 Å². The maximum Gasteiger partial charge on any atom is 0.236 e. The fourth-order valence-electron chi connectivity index (χ4n) is 4.48. The van der Waals surface area contributed by atoms with Crippen molar-refractivity contribution < 1.29 is 27.5 Å². The molecule has 3 rings (SSSR count). The molecule has 0 saturated heterocycles. The summed E-state index contributed by atoms with van der Waals surface area (Å²) in [5.74, 6) is 1.24.